The summed E-state index contributed by atoms with van der Waals surface area (Å²) in [5, 5.41) is 4.15. The number of halogens is 1. The number of carbonyl (C=O) groups is 1. The van der Waals surface area contributed by atoms with Crippen molar-refractivity contribution < 1.29 is 9.53 Å². The molecule has 0 aromatic heterocycles. The first-order chi connectivity index (χ1) is 12.2. The molecule has 2 aliphatic heterocycles. The smallest absolute Gasteiger partial charge is 0.236 e. The van der Waals surface area contributed by atoms with E-state index in [0.29, 0.717) is 18.5 Å². The summed E-state index contributed by atoms with van der Waals surface area (Å²) in [7, 11) is 0. The van der Waals surface area contributed by atoms with E-state index in [9.17, 15) is 4.79 Å². The van der Waals surface area contributed by atoms with Crippen molar-refractivity contribution >= 4 is 23.6 Å². The predicted octanol–water partition coefficient (Wildman–Crippen LogP) is 3.36. The molecule has 2 fully saturated rings. The maximum atomic E-state index is 12.4. The van der Waals surface area contributed by atoms with Crippen LogP contribution in [0.15, 0.2) is 30.3 Å². The van der Waals surface area contributed by atoms with Crippen LogP contribution >= 0.6 is 11.6 Å². The van der Waals surface area contributed by atoms with Crippen molar-refractivity contribution in [2.45, 2.75) is 31.7 Å². The molecular formula is C20H27ClN2O2. The monoisotopic (exact) mass is 362 g/mol. The Morgan fingerprint density at radius 3 is 2.52 bits per heavy atom. The lowest BCUT2D eigenvalue weighted by molar-refractivity contribution is -0.131. The average Bonchev–Trinajstić information content (AvgIpc) is 2.67. The van der Waals surface area contributed by atoms with E-state index >= 15 is 0 Å². The van der Waals surface area contributed by atoms with Crippen LogP contribution in [0.2, 0.25) is 5.02 Å². The number of benzene rings is 1. The summed E-state index contributed by atoms with van der Waals surface area (Å²) in [4.78, 5) is 14.4. The van der Waals surface area contributed by atoms with Gasteiger partial charge in [-0.05, 0) is 49.3 Å². The van der Waals surface area contributed by atoms with Crippen LogP contribution in [0.1, 0.15) is 31.2 Å². The van der Waals surface area contributed by atoms with E-state index in [1.54, 1.807) is 0 Å². The fourth-order valence-corrected chi connectivity index (χ4v) is 3.53. The Labute approximate surface area is 155 Å². The maximum Gasteiger partial charge on any atom is 0.236 e. The first-order valence-corrected chi connectivity index (χ1v) is 9.61. The Morgan fingerprint density at radius 2 is 1.84 bits per heavy atom. The number of hydrogen-bond donors (Lipinski definition) is 1. The summed E-state index contributed by atoms with van der Waals surface area (Å²) in [5.74, 6) is 0.773. The molecule has 1 amide bonds. The molecule has 0 radical (unpaired) electrons. The number of hydrogen-bond acceptors (Lipinski definition) is 3. The molecule has 1 aromatic carbocycles. The van der Waals surface area contributed by atoms with Gasteiger partial charge >= 0.3 is 0 Å². The fraction of sp³-hybridized carbons (Fsp3) is 0.550. The molecule has 136 valence electrons. The number of amides is 1. The van der Waals surface area contributed by atoms with Gasteiger partial charge in [0, 0.05) is 37.4 Å². The van der Waals surface area contributed by atoms with Crippen molar-refractivity contribution in [3.63, 3.8) is 0 Å². The quantitative estimate of drug-likeness (QED) is 0.873. The number of rotatable bonds is 5. The van der Waals surface area contributed by atoms with E-state index in [2.05, 4.69) is 17.5 Å². The van der Waals surface area contributed by atoms with Crippen LogP contribution in [0.5, 0.6) is 0 Å². The molecule has 0 bridgehead atoms. The van der Waals surface area contributed by atoms with Crippen LogP contribution in [0.4, 0.5) is 0 Å². The average molecular weight is 363 g/mol. The van der Waals surface area contributed by atoms with E-state index in [1.165, 1.54) is 5.56 Å². The number of piperidine rings is 1. The minimum absolute atomic E-state index is 0.228. The summed E-state index contributed by atoms with van der Waals surface area (Å²) < 4.78 is 5.35. The number of nitrogens with one attached hydrogen (secondary N) is 1. The van der Waals surface area contributed by atoms with Crippen molar-refractivity contribution in [2.24, 2.45) is 5.92 Å². The van der Waals surface area contributed by atoms with Gasteiger partial charge in [-0.25, -0.2) is 0 Å². The molecular weight excluding hydrogens is 336 g/mol. The van der Waals surface area contributed by atoms with Crippen molar-refractivity contribution in [3.05, 3.63) is 40.9 Å². The predicted molar refractivity (Wildman–Crippen MR) is 102 cm³/mol. The zero-order valence-corrected chi connectivity index (χ0v) is 15.4. The van der Waals surface area contributed by atoms with Crippen molar-refractivity contribution in [2.75, 3.05) is 32.8 Å². The highest BCUT2D eigenvalue weighted by Crippen LogP contribution is 2.20. The Kier molecular flexibility index (Phi) is 6.91. The Morgan fingerprint density at radius 1 is 1.16 bits per heavy atom. The number of nitrogens with zero attached hydrogens (tertiary/aromatic N) is 1. The molecule has 0 atom stereocenters. The van der Waals surface area contributed by atoms with Crippen LogP contribution in [0.3, 0.4) is 0 Å². The highest BCUT2D eigenvalue weighted by Gasteiger charge is 2.22. The lowest BCUT2D eigenvalue weighted by Crippen LogP contribution is -2.45. The van der Waals surface area contributed by atoms with Gasteiger partial charge in [-0.3, -0.25) is 4.79 Å². The van der Waals surface area contributed by atoms with Crippen LogP contribution in [0, 0.1) is 5.92 Å². The lowest BCUT2D eigenvalue weighted by Gasteiger charge is -2.31. The number of ether oxygens (including phenoxy) is 1. The Hall–Kier alpha value is -1.36. The normalized spacial score (nSPS) is 20.3. The molecule has 2 saturated heterocycles. The van der Waals surface area contributed by atoms with Gasteiger partial charge in [0.1, 0.15) is 0 Å². The SMILES string of the molecule is O=C(CNC1CCOCC1)N1CCC(/C=C/c2ccc(Cl)cc2)CC1. The van der Waals surface area contributed by atoms with E-state index in [1.807, 2.05) is 29.2 Å². The van der Waals surface area contributed by atoms with Crippen LogP contribution in [-0.2, 0) is 9.53 Å². The lowest BCUT2D eigenvalue weighted by atomic mass is 9.95. The fourth-order valence-electron chi connectivity index (χ4n) is 3.41. The molecule has 2 aliphatic rings. The highest BCUT2D eigenvalue weighted by molar-refractivity contribution is 6.30. The van der Waals surface area contributed by atoms with Gasteiger partial charge in [0.15, 0.2) is 0 Å². The first-order valence-electron chi connectivity index (χ1n) is 9.23. The second-order valence-corrected chi connectivity index (χ2v) is 7.33. The number of likely N-dealkylation sites (tertiary alicyclic amines) is 1. The van der Waals surface area contributed by atoms with E-state index in [0.717, 1.165) is 57.0 Å². The molecule has 0 aliphatic carbocycles. The van der Waals surface area contributed by atoms with E-state index in [4.69, 9.17) is 16.3 Å². The van der Waals surface area contributed by atoms with Gasteiger partial charge in [0.2, 0.25) is 5.91 Å². The Bertz CT molecular complexity index is 574. The highest BCUT2D eigenvalue weighted by atomic mass is 35.5. The van der Waals surface area contributed by atoms with Gasteiger partial charge in [0.05, 0.1) is 6.54 Å². The van der Waals surface area contributed by atoms with Crippen LogP contribution in [-0.4, -0.2) is 49.7 Å². The molecule has 25 heavy (non-hydrogen) atoms. The standard InChI is InChI=1S/C20H27ClN2O2/c21-18-5-3-16(4-6-18)1-2-17-7-11-23(12-8-17)20(24)15-22-19-9-13-25-14-10-19/h1-6,17,19,22H,7-15H2/b2-1+. The number of allylic oxidation sites excluding steroid dienone is 1. The van der Waals surface area contributed by atoms with Gasteiger partial charge in [-0.15, -0.1) is 0 Å². The molecule has 0 unspecified atom stereocenters. The van der Waals surface area contributed by atoms with Crippen LogP contribution < -0.4 is 5.32 Å². The largest absolute Gasteiger partial charge is 0.381 e. The van der Waals surface area contributed by atoms with Gasteiger partial charge in [-0.1, -0.05) is 35.9 Å². The second-order valence-electron chi connectivity index (χ2n) is 6.90. The second kappa shape index (κ2) is 9.37. The van der Waals surface area contributed by atoms with Gasteiger partial charge in [0.25, 0.3) is 0 Å². The van der Waals surface area contributed by atoms with Crippen molar-refractivity contribution in [3.8, 4) is 0 Å². The zero-order valence-electron chi connectivity index (χ0n) is 14.6. The van der Waals surface area contributed by atoms with Crippen molar-refractivity contribution in [1.82, 2.24) is 10.2 Å². The number of carbonyl (C=O) groups excluding carboxylic acids is 1. The van der Waals surface area contributed by atoms with Gasteiger partial charge in [-0.2, -0.15) is 0 Å². The summed E-state index contributed by atoms with van der Waals surface area (Å²) in [6.45, 7) is 3.76. The maximum absolute atomic E-state index is 12.4. The third-order valence-corrected chi connectivity index (χ3v) is 5.34. The molecule has 5 heteroatoms. The first kappa shape index (κ1) is 18.4. The van der Waals surface area contributed by atoms with Gasteiger partial charge < -0.3 is 15.0 Å². The molecule has 4 nitrogen and oxygen atoms in total. The summed E-state index contributed by atoms with van der Waals surface area (Å²) in [5.41, 5.74) is 1.17. The minimum atomic E-state index is 0.228. The molecule has 1 N–H and O–H groups in total. The third-order valence-electron chi connectivity index (χ3n) is 5.09. The molecule has 0 spiro atoms. The molecule has 0 saturated carbocycles. The van der Waals surface area contributed by atoms with E-state index in [-0.39, 0.29) is 5.91 Å². The molecule has 3 rings (SSSR count). The third kappa shape index (κ3) is 5.84. The van der Waals surface area contributed by atoms with Crippen molar-refractivity contribution in [1.29, 1.82) is 0 Å². The summed E-state index contributed by atoms with van der Waals surface area (Å²) in [6, 6.07) is 8.30. The summed E-state index contributed by atoms with van der Waals surface area (Å²) in [6.07, 6.45) is 8.51. The zero-order chi connectivity index (χ0) is 17.5. The minimum Gasteiger partial charge on any atom is -0.381 e. The molecule has 1 aromatic rings. The Balaban J connectivity index is 1.38. The van der Waals surface area contributed by atoms with Crippen LogP contribution in [0.25, 0.3) is 6.08 Å². The molecule has 2 heterocycles. The summed E-state index contributed by atoms with van der Waals surface area (Å²) >= 11 is 5.91. The topological polar surface area (TPSA) is 41.6 Å². The van der Waals surface area contributed by atoms with E-state index < -0.39 is 0 Å².